The molecule has 1 amide bonds. The molecule has 1 aliphatic heterocycles. The Hall–Kier alpha value is -3.15. The number of anilines is 1. The quantitative estimate of drug-likeness (QED) is 0.626. The highest BCUT2D eigenvalue weighted by molar-refractivity contribution is 6.04. The first-order chi connectivity index (χ1) is 15.2. The van der Waals surface area contributed by atoms with E-state index < -0.39 is 0 Å². The van der Waals surface area contributed by atoms with Crippen molar-refractivity contribution in [2.75, 3.05) is 38.6 Å². The number of nitrogens with zero attached hydrogens (tertiary/aromatic N) is 2. The van der Waals surface area contributed by atoms with Gasteiger partial charge in [0.1, 0.15) is 5.75 Å². The zero-order valence-corrected chi connectivity index (χ0v) is 18.0. The summed E-state index contributed by atoms with van der Waals surface area (Å²) in [6.45, 7) is 6.10. The second kappa shape index (κ2) is 10.2. The molecule has 1 N–H and O–H groups in total. The molecule has 0 unspecified atom stereocenters. The van der Waals surface area contributed by atoms with Crippen molar-refractivity contribution in [3.8, 4) is 5.75 Å². The molecular formula is C26H29N3O2. The number of piperazine rings is 1. The van der Waals surface area contributed by atoms with Crippen molar-refractivity contribution in [2.24, 2.45) is 0 Å². The van der Waals surface area contributed by atoms with Crippen LogP contribution in [0.4, 0.5) is 5.69 Å². The Morgan fingerprint density at radius 1 is 0.774 bits per heavy atom. The molecule has 0 radical (unpaired) electrons. The third-order valence-corrected chi connectivity index (χ3v) is 5.68. The fourth-order valence-corrected chi connectivity index (χ4v) is 3.84. The largest absolute Gasteiger partial charge is 0.497 e. The zero-order valence-electron chi connectivity index (χ0n) is 18.0. The highest BCUT2D eigenvalue weighted by Crippen LogP contribution is 2.16. The number of para-hydroxylation sites is 1. The molecule has 1 saturated heterocycles. The molecule has 4 rings (SSSR count). The standard InChI is InChI=1S/C26H29N3O2/c1-31-25-13-9-22(10-14-25)20-29-17-15-28(16-18-29)19-21-7-11-23(12-8-21)26(30)27-24-5-3-2-4-6-24/h2-14H,15-20H2,1H3,(H,27,30). The Morgan fingerprint density at radius 3 is 1.81 bits per heavy atom. The molecule has 0 aromatic heterocycles. The summed E-state index contributed by atoms with van der Waals surface area (Å²) in [4.78, 5) is 17.4. The Bertz CT molecular complexity index is 964. The van der Waals surface area contributed by atoms with Gasteiger partial charge in [-0.2, -0.15) is 0 Å². The molecule has 0 atom stereocenters. The molecule has 3 aromatic carbocycles. The third-order valence-electron chi connectivity index (χ3n) is 5.68. The first-order valence-electron chi connectivity index (χ1n) is 10.7. The van der Waals surface area contributed by atoms with E-state index in [-0.39, 0.29) is 5.91 Å². The smallest absolute Gasteiger partial charge is 0.255 e. The third kappa shape index (κ3) is 5.94. The summed E-state index contributed by atoms with van der Waals surface area (Å²) in [5.41, 5.74) is 4.04. The van der Waals surface area contributed by atoms with Gasteiger partial charge in [-0.15, -0.1) is 0 Å². The van der Waals surface area contributed by atoms with Crippen molar-refractivity contribution < 1.29 is 9.53 Å². The van der Waals surface area contributed by atoms with Crippen LogP contribution in [-0.4, -0.2) is 49.0 Å². The van der Waals surface area contributed by atoms with E-state index in [4.69, 9.17) is 4.74 Å². The summed E-state index contributed by atoms with van der Waals surface area (Å²) in [5.74, 6) is 0.821. The van der Waals surface area contributed by atoms with Crippen molar-refractivity contribution in [3.05, 3.63) is 95.6 Å². The van der Waals surface area contributed by atoms with Crippen LogP contribution in [0.2, 0.25) is 0 Å². The Morgan fingerprint density at radius 2 is 1.29 bits per heavy atom. The molecule has 0 bridgehead atoms. The van der Waals surface area contributed by atoms with Crippen molar-refractivity contribution in [1.29, 1.82) is 0 Å². The monoisotopic (exact) mass is 415 g/mol. The van der Waals surface area contributed by atoms with Crippen molar-refractivity contribution in [3.63, 3.8) is 0 Å². The summed E-state index contributed by atoms with van der Waals surface area (Å²) in [5, 5.41) is 2.93. The summed E-state index contributed by atoms with van der Waals surface area (Å²) in [7, 11) is 1.70. The normalized spacial score (nSPS) is 14.9. The predicted octanol–water partition coefficient (Wildman–Crippen LogP) is 4.27. The molecule has 5 nitrogen and oxygen atoms in total. The molecule has 0 spiro atoms. The van der Waals surface area contributed by atoms with Gasteiger partial charge < -0.3 is 10.1 Å². The van der Waals surface area contributed by atoms with Crippen LogP contribution in [0.25, 0.3) is 0 Å². The fraction of sp³-hybridized carbons (Fsp3) is 0.269. The lowest BCUT2D eigenvalue weighted by molar-refractivity contribution is 0.102. The van der Waals surface area contributed by atoms with E-state index in [1.165, 1.54) is 11.1 Å². The van der Waals surface area contributed by atoms with E-state index in [2.05, 4.69) is 39.4 Å². The van der Waals surface area contributed by atoms with Crippen LogP contribution < -0.4 is 10.1 Å². The number of ether oxygens (including phenoxy) is 1. The molecule has 5 heteroatoms. The van der Waals surface area contributed by atoms with Crippen LogP contribution >= 0.6 is 0 Å². The van der Waals surface area contributed by atoms with Gasteiger partial charge >= 0.3 is 0 Å². The number of benzene rings is 3. The summed E-state index contributed by atoms with van der Waals surface area (Å²) < 4.78 is 5.23. The molecule has 0 saturated carbocycles. The minimum atomic E-state index is -0.0788. The number of amides is 1. The zero-order chi connectivity index (χ0) is 21.5. The lowest BCUT2D eigenvalue weighted by atomic mass is 10.1. The van der Waals surface area contributed by atoms with E-state index in [1.54, 1.807) is 7.11 Å². The van der Waals surface area contributed by atoms with Gasteiger partial charge in [0.2, 0.25) is 0 Å². The molecule has 1 aliphatic rings. The lowest BCUT2D eigenvalue weighted by Gasteiger charge is -2.34. The van der Waals surface area contributed by atoms with Gasteiger partial charge in [-0.25, -0.2) is 0 Å². The second-order valence-corrected chi connectivity index (χ2v) is 7.92. The maximum atomic E-state index is 12.4. The number of methoxy groups -OCH3 is 1. The highest BCUT2D eigenvalue weighted by atomic mass is 16.5. The van der Waals surface area contributed by atoms with Gasteiger partial charge in [0.25, 0.3) is 5.91 Å². The SMILES string of the molecule is COc1ccc(CN2CCN(Cc3ccc(C(=O)Nc4ccccc4)cc3)CC2)cc1. The Kier molecular flexibility index (Phi) is 6.97. The minimum absolute atomic E-state index is 0.0788. The number of carbonyl (C=O) groups excluding carboxylic acids is 1. The maximum absolute atomic E-state index is 12.4. The van der Waals surface area contributed by atoms with Gasteiger partial charge in [0.15, 0.2) is 0 Å². The summed E-state index contributed by atoms with van der Waals surface area (Å²) in [6, 6.07) is 25.8. The van der Waals surface area contributed by atoms with Crippen LogP contribution in [0, 0.1) is 0 Å². The van der Waals surface area contributed by atoms with Crippen LogP contribution in [0.3, 0.4) is 0 Å². The van der Waals surface area contributed by atoms with E-state index >= 15 is 0 Å². The number of carbonyl (C=O) groups is 1. The van der Waals surface area contributed by atoms with Gasteiger partial charge in [0.05, 0.1) is 7.11 Å². The Balaban J connectivity index is 1.24. The van der Waals surface area contributed by atoms with Gasteiger partial charge in [0, 0.05) is 50.5 Å². The first-order valence-corrected chi connectivity index (χ1v) is 10.7. The Labute approximate surface area is 184 Å². The highest BCUT2D eigenvalue weighted by Gasteiger charge is 2.17. The fourth-order valence-electron chi connectivity index (χ4n) is 3.84. The van der Waals surface area contributed by atoms with E-state index in [0.29, 0.717) is 5.56 Å². The van der Waals surface area contributed by atoms with E-state index in [0.717, 1.165) is 50.7 Å². The maximum Gasteiger partial charge on any atom is 0.255 e. The van der Waals surface area contributed by atoms with Gasteiger partial charge in [-0.05, 0) is 47.5 Å². The van der Waals surface area contributed by atoms with Crippen molar-refractivity contribution in [2.45, 2.75) is 13.1 Å². The second-order valence-electron chi connectivity index (χ2n) is 7.92. The topological polar surface area (TPSA) is 44.8 Å². The molecule has 160 valence electrons. The van der Waals surface area contributed by atoms with Gasteiger partial charge in [-0.1, -0.05) is 42.5 Å². The molecule has 3 aromatic rings. The molecule has 0 aliphatic carbocycles. The van der Waals surface area contributed by atoms with Crippen LogP contribution in [0.5, 0.6) is 5.75 Å². The van der Waals surface area contributed by atoms with Crippen molar-refractivity contribution in [1.82, 2.24) is 9.80 Å². The van der Waals surface area contributed by atoms with E-state index in [1.807, 2.05) is 54.6 Å². The van der Waals surface area contributed by atoms with E-state index in [9.17, 15) is 4.79 Å². The first kappa shape index (κ1) is 21.1. The average molecular weight is 416 g/mol. The average Bonchev–Trinajstić information content (AvgIpc) is 2.82. The van der Waals surface area contributed by atoms with Gasteiger partial charge in [-0.3, -0.25) is 14.6 Å². The number of nitrogens with one attached hydrogen (secondary N) is 1. The minimum Gasteiger partial charge on any atom is -0.497 e. The lowest BCUT2D eigenvalue weighted by Crippen LogP contribution is -2.45. The molecular weight excluding hydrogens is 386 g/mol. The van der Waals surface area contributed by atoms with Crippen LogP contribution in [0.15, 0.2) is 78.9 Å². The number of hydrogen-bond donors (Lipinski definition) is 1. The molecule has 1 heterocycles. The number of rotatable bonds is 7. The van der Waals surface area contributed by atoms with Crippen LogP contribution in [0.1, 0.15) is 21.5 Å². The summed E-state index contributed by atoms with van der Waals surface area (Å²) >= 11 is 0. The molecule has 31 heavy (non-hydrogen) atoms. The van der Waals surface area contributed by atoms with Crippen molar-refractivity contribution >= 4 is 11.6 Å². The predicted molar refractivity (Wildman–Crippen MR) is 124 cm³/mol. The van der Waals surface area contributed by atoms with Crippen LogP contribution in [-0.2, 0) is 13.1 Å². The summed E-state index contributed by atoms with van der Waals surface area (Å²) in [6.07, 6.45) is 0. The number of hydrogen-bond acceptors (Lipinski definition) is 4. The molecule has 1 fully saturated rings.